The minimum absolute atomic E-state index is 0.0904. The molecule has 358 valence electrons. The Morgan fingerprint density at radius 2 is 0.867 bits per heavy atom. The normalized spacial score (nSPS) is 13.6. The number of carbonyl (C=O) groups excluding carboxylic acids is 1. The number of unbranched alkanes of at least 4 members (excludes halogenated alkanes) is 33. The van der Waals surface area contributed by atoms with Crippen molar-refractivity contribution in [2.75, 3.05) is 54.1 Å². The van der Waals surface area contributed by atoms with Crippen LogP contribution in [0.4, 0.5) is 0 Å². The molecule has 0 spiro atoms. The van der Waals surface area contributed by atoms with Crippen LogP contribution in [0, 0.1) is 0 Å². The Bertz CT molecular complexity index is 972. The highest BCUT2D eigenvalue weighted by Crippen LogP contribution is 2.43. The second-order valence-corrected chi connectivity index (χ2v) is 20.4. The molecule has 8 nitrogen and oxygen atoms in total. The van der Waals surface area contributed by atoms with Crippen LogP contribution in [0.3, 0.4) is 0 Å². The molecule has 0 aromatic heterocycles. The van der Waals surface area contributed by atoms with Gasteiger partial charge in [0.25, 0.3) is 0 Å². The highest BCUT2D eigenvalue weighted by atomic mass is 31.2. The van der Waals surface area contributed by atoms with E-state index in [-0.39, 0.29) is 25.8 Å². The molecule has 0 aliphatic rings. The predicted molar refractivity (Wildman–Crippen MR) is 257 cm³/mol. The fourth-order valence-electron chi connectivity index (χ4n) is 7.55. The number of quaternary nitrogens is 1. The van der Waals surface area contributed by atoms with E-state index in [9.17, 15) is 14.3 Å². The van der Waals surface area contributed by atoms with Crippen LogP contribution in [-0.4, -0.2) is 75.6 Å². The lowest BCUT2D eigenvalue weighted by molar-refractivity contribution is -0.870. The van der Waals surface area contributed by atoms with Crippen molar-refractivity contribution in [1.29, 1.82) is 0 Å². The topological polar surface area (TPSA) is 91.3 Å². The number of likely N-dealkylation sites (N-methyl/N-ethyl adjacent to an activating group) is 1. The molecule has 0 aliphatic carbocycles. The molecule has 0 saturated carbocycles. The molecule has 2 atom stereocenters. The largest absolute Gasteiger partial charge is 0.472 e. The lowest BCUT2D eigenvalue weighted by Gasteiger charge is -2.24. The van der Waals surface area contributed by atoms with E-state index in [1.54, 1.807) is 0 Å². The lowest BCUT2D eigenvalue weighted by Crippen LogP contribution is -2.37. The average molecular weight is 873 g/mol. The quantitative estimate of drug-likeness (QED) is 0.0214. The zero-order valence-corrected chi connectivity index (χ0v) is 41.6. The van der Waals surface area contributed by atoms with Gasteiger partial charge in [-0.1, -0.05) is 219 Å². The Labute approximate surface area is 373 Å². The summed E-state index contributed by atoms with van der Waals surface area (Å²) in [5.41, 5.74) is 0. The number of phosphoric ester groups is 1. The van der Waals surface area contributed by atoms with Gasteiger partial charge in [0.1, 0.15) is 19.3 Å². The standard InChI is InChI=1S/C51H102NO7P/c1-6-8-10-12-14-16-18-20-21-22-23-24-25-26-27-28-29-30-31-32-33-35-37-39-41-43-46-56-48-50(49-58-60(54,55)57-47-45-52(3,4)5)59-51(53)44-42-40-38-36-34-19-17-15-13-11-9-7-2/h15,17,50H,6-14,16,18-49H2,1-5H3/p+1/b17-15-. The summed E-state index contributed by atoms with van der Waals surface area (Å²) in [6, 6.07) is 0. The van der Waals surface area contributed by atoms with Crippen molar-refractivity contribution in [2.24, 2.45) is 0 Å². The summed E-state index contributed by atoms with van der Waals surface area (Å²) in [5.74, 6) is -0.318. The number of ether oxygens (including phenoxy) is 2. The number of rotatable bonds is 49. The fourth-order valence-corrected chi connectivity index (χ4v) is 8.29. The van der Waals surface area contributed by atoms with Gasteiger partial charge in [-0.05, 0) is 38.5 Å². The molecule has 0 heterocycles. The summed E-state index contributed by atoms with van der Waals surface area (Å²) in [4.78, 5) is 22.9. The highest BCUT2D eigenvalue weighted by Gasteiger charge is 2.26. The number of carbonyl (C=O) groups is 1. The van der Waals surface area contributed by atoms with Crippen molar-refractivity contribution >= 4 is 13.8 Å². The van der Waals surface area contributed by atoms with E-state index in [1.807, 2.05) is 21.1 Å². The lowest BCUT2D eigenvalue weighted by atomic mass is 10.0. The van der Waals surface area contributed by atoms with Crippen molar-refractivity contribution in [1.82, 2.24) is 0 Å². The Morgan fingerprint density at radius 3 is 1.30 bits per heavy atom. The van der Waals surface area contributed by atoms with Gasteiger partial charge in [-0.25, -0.2) is 4.57 Å². The molecule has 2 unspecified atom stereocenters. The second kappa shape index (κ2) is 44.8. The Hall–Kier alpha value is -0.760. The van der Waals surface area contributed by atoms with Gasteiger partial charge < -0.3 is 18.9 Å². The smallest absolute Gasteiger partial charge is 0.457 e. The third-order valence-corrected chi connectivity index (χ3v) is 12.6. The minimum atomic E-state index is -4.27. The fraction of sp³-hybridized carbons (Fsp3) is 0.941. The summed E-state index contributed by atoms with van der Waals surface area (Å²) in [5, 5.41) is 0. The van der Waals surface area contributed by atoms with Crippen molar-refractivity contribution in [3.8, 4) is 0 Å². The van der Waals surface area contributed by atoms with Crippen LogP contribution in [0.2, 0.25) is 0 Å². The molecule has 0 aliphatic heterocycles. The first-order valence-corrected chi connectivity index (χ1v) is 27.4. The van der Waals surface area contributed by atoms with E-state index in [0.717, 1.165) is 44.9 Å². The van der Waals surface area contributed by atoms with E-state index in [1.165, 1.54) is 186 Å². The van der Waals surface area contributed by atoms with Gasteiger partial charge in [0, 0.05) is 13.0 Å². The first-order chi connectivity index (χ1) is 29.1. The van der Waals surface area contributed by atoms with Gasteiger partial charge in [-0.3, -0.25) is 13.8 Å². The van der Waals surface area contributed by atoms with Crippen molar-refractivity contribution in [3.63, 3.8) is 0 Å². The van der Waals surface area contributed by atoms with Gasteiger partial charge in [0.2, 0.25) is 0 Å². The number of hydrogen-bond donors (Lipinski definition) is 1. The molecule has 0 amide bonds. The monoisotopic (exact) mass is 873 g/mol. The number of esters is 1. The first kappa shape index (κ1) is 59.2. The van der Waals surface area contributed by atoms with Crippen LogP contribution in [0.25, 0.3) is 0 Å². The molecule has 0 bridgehead atoms. The van der Waals surface area contributed by atoms with Crippen LogP contribution in [-0.2, 0) is 27.9 Å². The Kier molecular flexibility index (Phi) is 44.3. The molecule has 0 aromatic carbocycles. The average Bonchev–Trinajstić information content (AvgIpc) is 3.20. The molecule has 0 rings (SSSR count). The van der Waals surface area contributed by atoms with Gasteiger partial charge in [0.05, 0.1) is 34.4 Å². The number of nitrogens with zero attached hydrogens (tertiary/aromatic N) is 1. The van der Waals surface area contributed by atoms with Gasteiger partial charge in [-0.2, -0.15) is 0 Å². The first-order valence-electron chi connectivity index (χ1n) is 25.9. The van der Waals surface area contributed by atoms with E-state index in [2.05, 4.69) is 26.0 Å². The maximum atomic E-state index is 12.7. The summed E-state index contributed by atoms with van der Waals surface area (Å²) < 4.78 is 35.1. The second-order valence-electron chi connectivity index (χ2n) is 18.9. The molecular formula is C51H103NO7P+. The molecule has 0 fully saturated rings. The molecule has 60 heavy (non-hydrogen) atoms. The van der Waals surface area contributed by atoms with E-state index >= 15 is 0 Å². The molecular weight excluding hydrogens is 770 g/mol. The van der Waals surface area contributed by atoms with E-state index < -0.39 is 13.9 Å². The van der Waals surface area contributed by atoms with Crippen molar-refractivity contribution in [2.45, 2.75) is 258 Å². The van der Waals surface area contributed by atoms with Gasteiger partial charge in [0.15, 0.2) is 0 Å². The molecule has 0 saturated heterocycles. The third kappa shape index (κ3) is 48.3. The summed E-state index contributed by atoms with van der Waals surface area (Å²) in [7, 11) is 1.68. The Morgan fingerprint density at radius 1 is 0.500 bits per heavy atom. The van der Waals surface area contributed by atoms with Gasteiger partial charge >= 0.3 is 13.8 Å². The number of hydrogen-bond acceptors (Lipinski definition) is 6. The van der Waals surface area contributed by atoms with Crippen LogP contribution >= 0.6 is 7.82 Å². The third-order valence-electron chi connectivity index (χ3n) is 11.6. The van der Waals surface area contributed by atoms with Crippen LogP contribution in [0.15, 0.2) is 12.2 Å². The van der Waals surface area contributed by atoms with Crippen molar-refractivity contribution in [3.05, 3.63) is 12.2 Å². The highest BCUT2D eigenvalue weighted by molar-refractivity contribution is 7.47. The summed E-state index contributed by atoms with van der Waals surface area (Å²) in [6.07, 6.45) is 51.3. The summed E-state index contributed by atoms with van der Waals surface area (Å²) in [6.45, 7) is 5.64. The van der Waals surface area contributed by atoms with Crippen LogP contribution in [0.5, 0.6) is 0 Å². The SMILES string of the molecule is CCCCC/C=C\CCCCCCCC(=O)OC(COCCCCCCCCCCCCCCCCCCCCCCCCCCCC)COP(=O)(O)OCC[N+](C)(C)C. The van der Waals surface area contributed by atoms with Crippen LogP contribution in [0.1, 0.15) is 251 Å². The molecule has 1 N–H and O–H groups in total. The maximum Gasteiger partial charge on any atom is 0.472 e. The van der Waals surface area contributed by atoms with Crippen molar-refractivity contribution < 1.29 is 37.3 Å². The van der Waals surface area contributed by atoms with Gasteiger partial charge in [-0.15, -0.1) is 0 Å². The number of phosphoric acid groups is 1. The number of allylic oxidation sites excluding steroid dienone is 2. The maximum absolute atomic E-state index is 12.7. The zero-order valence-electron chi connectivity index (χ0n) is 40.7. The molecule has 0 radical (unpaired) electrons. The Balaban J connectivity index is 3.97. The van der Waals surface area contributed by atoms with Crippen LogP contribution < -0.4 is 0 Å². The van der Waals surface area contributed by atoms with E-state index in [4.69, 9.17) is 18.5 Å². The van der Waals surface area contributed by atoms with E-state index in [0.29, 0.717) is 24.1 Å². The predicted octanol–water partition coefficient (Wildman–Crippen LogP) is 15.8. The molecule has 9 heteroatoms. The summed E-state index contributed by atoms with van der Waals surface area (Å²) >= 11 is 0. The molecule has 0 aromatic rings. The zero-order chi connectivity index (χ0) is 44.1. The minimum Gasteiger partial charge on any atom is -0.457 e.